The highest BCUT2D eigenvalue weighted by molar-refractivity contribution is 6.01. The summed E-state index contributed by atoms with van der Waals surface area (Å²) in [4.78, 5) is 47.9. The molecule has 10 nitrogen and oxygen atoms in total. The van der Waals surface area contributed by atoms with Crippen LogP contribution >= 0.6 is 0 Å². The molecule has 10 heteroatoms. The van der Waals surface area contributed by atoms with Gasteiger partial charge < -0.3 is 14.8 Å². The Morgan fingerprint density at radius 1 is 0.959 bits per heavy atom. The van der Waals surface area contributed by atoms with Gasteiger partial charge in [-0.3, -0.25) is 29.7 Å². The van der Waals surface area contributed by atoms with E-state index < -0.39 is 0 Å². The average molecular weight is 660 g/mol. The molecule has 5 aliphatic rings. The Labute approximate surface area is 286 Å². The summed E-state index contributed by atoms with van der Waals surface area (Å²) in [6.45, 7) is 8.84. The number of piperidine rings is 2. The number of hydrogen-bond acceptors (Lipinski definition) is 6. The Morgan fingerprint density at radius 2 is 1.76 bits per heavy atom. The lowest BCUT2D eigenvalue weighted by Crippen LogP contribution is -2.50. The molecule has 0 spiro atoms. The summed E-state index contributed by atoms with van der Waals surface area (Å²) in [6, 6.07) is 16.6. The minimum atomic E-state index is -0.239. The van der Waals surface area contributed by atoms with Crippen molar-refractivity contribution in [2.45, 2.75) is 57.8 Å². The van der Waals surface area contributed by atoms with Gasteiger partial charge in [0.1, 0.15) is 5.69 Å². The van der Waals surface area contributed by atoms with Crippen molar-refractivity contribution in [3.63, 3.8) is 0 Å². The Bertz CT molecular complexity index is 1930. The van der Waals surface area contributed by atoms with Gasteiger partial charge in [-0.15, -0.1) is 0 Å². The van der Waals surface area contributed by atoms with Gasteiger partial charge in [-0.1, -0.05) is 25.1 Å². The SMILES string of the molecule is C[C@@]12Cc3[nH]nc(-c4cc5ccc(C(=O)N6CCN(CC7CCN(c8ccc(C9CCC(=O)NC9=O)cc8)CC7)CC6)cc5[nH]4)c3C[C@@H]1C2. The number of aromatic nitrogens is 3. The topological polar surface area (TPSA) is 117 Å². The number of nitrogens with zero attached hydrogens (tertiary/aromatic N) is 4. The maximum atomic E-state index is 13.6. The zero-order valence-electron chi connectivity index (χ0n) is 28.3. The van der Waals surface area contributed by atoms with Crippen molar-refractivity contribution in [2.75, 3.05) is 50.7 Å². The maximum Gasteiger partial charge on any atom is 0.254 e. The second kappa shape index (κ2) is 11.9. The van der Waals surface area contributed by atoms with Gasteiger partial charge in [0.2, 0.25) is 11.8 Å². The minimum Gasteiger partial charge on any atom is -0.372 e. The van der Waals surface area contributed by atoms with E-state index in [0.717, 1.165) is 111 Å². The van der Waals surface area contributed by atoms with Crippen LogP contribution in [0.1, 0.15) is 72.1 Å². The van der Waals surface area contributed by atoms with Crippen molar-refractivity contribution in [3.05, 3.63) is 70.9 Å². The highest BCUT2D eigenvalue weighted by atomic mass is 16.2. The number of benzene rings is 2. The van der Waals surface area contributed by atoms with E-state index >= 15 is 0 Å². The van der Waals surface area contributed by atoms with Crippen LogP contribution in [0.3, 0.4) is 0 Å². The molecule has 4 aromatic rings. The first-order valence-corrected chi connectivity index (χ1v) is 18.2. The molecule has 3 aliphatic heterocycles. The molecular formula is C39H45N7O3. The number of piperazine rings is 1. The van der Waals surface area contributed by atoms with Crippen LogP contribution in [0.5, 0.6) is 0 Å². The Balaban J connectivity index is 0.763. The summed E-state index contributed by atoms with van der Waals surface area (Å²) in [7, 11) is 0. The van der Waals surface area contributed by atoms with Crippen LogP contribution in [0.4, 0.5) is 5.69 Å². The largest absolute Gasteiger partial charge is 0.372 e. The Kier molecular flexibility index (Phi) is 7.41. The van der Waals surface area contributed by atoms with Crippen LogP contribution < -0.4 is 10.2 Å². The van der Waals surface area contributed by atoms with Gasteiger partial charge in [0.25, 0.3) is 5.91 Å². The van der Waals surface area contributed by atoms with Gasteiger partial charge in [-0.25, -0.2) is 0 Å². The fraction of sp³-hybridized carbons (Fsp3) is 0.487. The van der Waals surface area contributed by atoms with Gasteiger partial charge in [-0.05, 0) is 91.7 Å². The first-order chi connectivity index (χ1) is 23.8. The van der Waals surface area contributed by atoms with Crippen LogP contribution in [0, 0.1) is 17.3 Å². The number of carbonyl (C=O) groups is 3. The molecule has 254 valence electrons. The van der Waals surface area contributed by atoms with Crippen molar-refractivity contribution in [1.82, 2.24) is 30.3 Å². The third-order valence-electron chi connectivity index (χ3n) is 12.3. The van der Waals surface area contributed by atoms with Gasteiger partial charge in [0, 0.05) is 85.6 Å². The normalized spacial score (nSPS) is 26.1. The smallest absolute Gasteiger partial charge is 0.254 e. The van der Waals surface area contributed by atoms with E-state index in [1.165, 1.54) is 23.4 Å². The fourth-order valence-electron chi connectivity index (χ4n) is 9.05. The number of nitrogens with one attached hydrogen (secondary N) is 3. The Hall–Kier alpha value is -4.44. The summed E-state index contributed by atoms with van der Waals surface area (Å²) in [6.07, 6.45) is 6.78. The number of imide groups is 1. The van der Waals surface area contributed by atoms with E-state index in [2.05, 4.69) is 56.4 Å². The standard InChI is InChI=1S/C39H45N7O3/c1-39-21-28(39)20-31-34(22-39)42-43-36(31)33-18-26-2-3-27(19-32(26)40-33)38(49)46-16-14-44(15-17-46)23-24-10-12-45(13-11-24)29-6-4-25(5-7-29)30-8-9-35(47)41-37(30)48/h2-7,18-19,24,28,30,40H,8-17,20-23H2,1H3,(H,42,43)(H,41,47,48)/t28-,30?,39-/m1/s1. The number of carbonyl (C=O) groups excluding carboxylic acids is 3. The van der Waals surface area contributed by atoms with Crippen molar-refractivity contribution in [3.8, 4) is 11.4 Å². The first kappa shape index (κ1) is 30.6. The second-order valence-electron chi connectivity index (χ2n) is 15.6. The summed E-state index contributed by atoms with van der Waals surface area (Å²) in [5.41, 5.74) is 9.10. The van der Waals surface area contributed by atoms with E-state index in [9.17, 15) is 14.4 Å². The number of fused-ring (bicyclic) bond motifs is 3. The summed E-state index contributed by atoms with van der Waals surface area (Å²) < 4.78 is 0. The lowest BCUT2D eigenvalue weighted by atomic mass is 9.87. The predicted molar refractivity (Wildman–Crippen MR) is 188 cm³/mol. The first-order valence-electron chi connectivity index (χ1n) is 18.2. The predicted octanol–water partition coefficient (Wildman–Crippen LogP) is 4.88. The molecule has 2 aromatic heterocycles. The molecular weight excluding hydrogens is 614 g/mol. The molecule has 0 bridgehead atoms. The summed E-state index contributed by atoms with van der Waals surface area (Å²) in [5.74, 6) is 0.945. The van der Waals surface area contributed by atoms with E-state index in [1.807, 2.05) is 29.2 Å². The molecule has 2 aromatic carbocycles. The van der Waals surface area contributed by atoms with Gasteiger partial charge in [-0.2, -0.15) is 5.10 Å². The maximum absolute atomic E-state index is 13.6. The van der Waals surface area contributed by atoms with Crippen molar-refractivity contribution in [1.29, 1.82) is 0 Å². The minimum absolute atomic E-state index is 0.111. The molecule has 9 rings (SSSR count). The number of anilines is 1. The molecule has 3 amide bonds. The van der Waals surface area contributed by atoms with E-state index in [-0.39, 0.29) is 23.6 Å². The molecule has 5 heterocycles. The number of rotatable bonds is 6. The number of H-pyrrole nitrogens is 2. The lowest BCUT2D eigenvalue weighted by Gasteiger charge is -2.39. The van der Waals surface area contributed by atoms with Crippen molar-refractivity contribution in [2.24, 2.45) is 17.3 Å². The Morgan fingerprint density at radius 3 is 2.53 bits per heavy atom. The number of amides is 3. The summed E-state index contributed by atoms with van der Waals surface area (Å²) >= 11 is 0. The van der Waals surface area contributed by atoms with Crippen molar-refractivity contribution < 1.29 is 14.4 Å². The lowest BCUT2D eigenvalue weighted by molar-refractivity contribution is -0.134. The molecule has 1 saturated carbocycles. The quantitative estimate of drug-likeness (QED) is 0.254. The average Bonchev–Trinajstić information content (AvgIpc) is 3.38. The molecule has 49 heavy (non-hydrogen) atoms. The van der Waals surface area contributed by atoms with Gasteiger partial charge in [0.05, 0.1) is 11.6 Å². The second-order valence-corrected chi connectivity index (χ2v) is 15.6. The molecule has 3 N–H and O–H groups in total. The van der Waals surface area contributed by atoms with Crippen LogP contribution in [-0.4, -0.2) is 88.5 Å². The van der Waals surface area contributed by atoms with Gasteiger partial charge in [0.15, 0.2) is 0 Å². The molecule has 2 aliphatic carbocycles. The third-order valence-corrected chi connectivity index (χ3v) is 12.3. The fourth-order valence-corrected chi connectivity index (χ4v) is 9.05. The molecule has 1 unspecified atom stereocenters. The highest BCUT2D eigenvalue weighted by Crippen LogP contribution is 2.59. The van der Waals surface area contributed by atoms with Crippen LogP contribution in [0.15, 0.2) is 48.5 Å². The molecule has 3 atom stereocenters. The van der Waals surface area contributed by atoms with E-state index in [0.29, 0.717) is 24.2 Å². The molecule has 0 radical (unpaired) electrons. The zero-order chi connectivity index (χ0) is 33.3. The highest BCUT2D eigenvalue weighted by Gasteiger charge is 2.53. The van der Waals surface area contributed by atoms with Gasteiger partial charge >= 0.3 is 0 Å². The van der Waals surface area contributed by atoms with Crippen LogP contribution in [0.2, 0.25) is 0 Å². The third kappa shape index (κ3) is 5.73. The van der Waals surface area contributed by atoms with Crippen molar-refractivity contribution >= 4 is 34.3 Å². The van der Waals surface area contributed by atoms with Crippen LogP contribution in [-0.2, 0) is 22.4 Å². The van der Waals surface area contributed by atoms with E-state index in [4.69, 9.17) is 5.10 Å². The van der Waals surface area contributed by atoms with Crippen LogP contribution in [0.25, 0.3) is 22.3 Å². The zero-order valence-corrected chi connectivity index (χ0v) is 28.3. The number of aromatic amines is 2. The van der Waals surface area contributed by atoms with E-state index in [1.54, 1.807) is 0 Å². The monoisotopic (exact) mass is 659 g/mol. The molecule has 3 saturated heterocycles. The molecule has 4 fully saturated rings. The summed E-state index contributed by atoms with van der Waals surface area (Å²) in [5, 5.41) is 11.6. The number of hydrogen-bond donors (Lipinski definition) is 3.